The molecule has 1 aromatic heterocycles. The first-order chi connectivity index (χ1) is 9.61. The molecule has 0 aliphatic heterocycles. The number of rotatable bonds is 8. The highest BCUT2D eigenvalue weighted by atomic mass is 15.1. The smallest absolute Gasteiger partial charge is 0.135 e. The van der Waals surface area contributed by atoms with E-state index in [1.807, 2.05) is 0 Å². The van der Waals surface area contributed by atoms with Gasteiger partial charge in [-0.1, -0.05) is 26.7 Å². The molecule has 2 N–H and O–H groups in total. The summed E-state index contributed by atoms with van der Waals surface area (Å²) in [7, 11) is 0. The van der Waals surface area contributed by atoms with Gasteiger partial charge in [0.1, 0.15) is 17.5 Å². The average Bonchev–Trinajstić information content (AvgIpc) is 3.22. The molecule has 0 bridgehead atoms. The third-order valence-corrected chi connectivity index (χ3v) is 3.80. The van der Waals surface area contributed by atoms with Crippen LogP contribution in [-0.2, 0) is 0 Å². The van der Waals surface area contributed by atoms with Gasteiger partial charge in [0.2, 0.25) is 0 Å². The second-order valence-electron chi connectivity index (χ2n) is 6.10. The zero-order chi connectivity index (χ0) is 14.5. The Balaban J connectivity index is 2.03. The highest BCUT2D eigenvalue weighted by molar-refractivity contribution is 5.57. The number of hydrogen-bond acceptors (Lipinski definition) is 4. The van der Waals surface area contributed by atoms with Crippen LogP contribution in [-0.4, -0.2) is 23.1 Å². The van der Waals surface area contributed by atoms with Gasteiger partial charge in [0.05, 0.1) is 0 Å². The van der Waals surface area contributed by atoms with Crippen molar-refractivity contribution in [3.8, 4) is 0 Å². The summed E-state index contributed by atoms with van der Waals surface area (Å²) in [6.45, 7) is 10.4. The standard InChI is InChI=1S/C16H28N4/c1-5-17-15-12(4)16(20-14(19-15)11(2)3)18-10-6-7-13-8-9-13/h11,13H,5-10H2,1-4H3,(H2,17,18,19,20). The van der Waals surface area contributed by atoms with E-state index in [1.54, 1.807) is 0 Å². The van der Waals surface area contributed by atoms with E-state index in [0.29, 0.717) is 5.92 Å². The predicted molar refractivity (Wildman–Crippen MR) is 85.5 cm³/mol. The molecule has 0 radical (unpaired) electrons. The van der Waals surface area contributed by atoms with Crippen molar-refractivity contribution in [2.75, 3.05) is 23.7 Å². The molecule has 0 aromatic carbocycles. The first-order valence-electron chi connectivity index (χ1n) is 7.98. The van der Waals surface area contributed by atoms with E-state index < -0.39 is 0 Å². The fourth-order valence-corrected chi connectivity index (χ4v) is 2.31. The van der Waals surface area contributed by atoms with Crippen LogP contribution in [0.3, 0.4) is 0 Å². The summed E-state index contributed by atoms with van der Waals surface area (Å²) < 4.78 is 0. The summed E-state index contributed by atoms with van der Waals surface area (Å²) in [5.74, 6) is 4.23. The molecule has 112 valence electrons. The Kier molecular flexibility index (Phi) is 5.21. The van der Waals surface area contributed by atoms with Crippen LogP contribution in [0.15, 0.2) is 0 Å². The van der Waals surface area contributed by atoms with Crippen molar-refractivity contribution in [3.05, 3.63) is 11.4 Å². The second kappa shape index (κ2) is 6.91. The number of hydrogen-bond donors (Lipinski definition) is 2. The largest absolute Gasteiger partial charge is 0.370 e. The fourth-order valence-electron chi connectivity index (χ4n) is 2.31. The van der Waals surface area contributed by atoms with Crippen LogP contribution < -0.4 is 10.6 Å². The molecule has 0 saturated heterocycles. The maximum Gasteiger partial charge on any atom is 0.135 e. The maximum atomic E-state index is 4.68. The summed E-state index contributed by atoms with van der Waals surface area (Å²) in [4.78, 5) is 9.31. The predicted octanol–water partition coefficient (Wildman–Crippen LogP) is 3.94. The molecular weight excluding hydrogens is 248 g/mol. The lowest BCUT2D eigenvalue weighted by atomic mass is 10.2. The van der Waals surface area contributed by atoms with Gasteiger partial charge >= 0.3 is 0 Å². The minimum atomic E-state index is 0.347. The van der Waals surface area contributed by atoms with E-state index in [4.69, 9.17) is 0 Å². The molecule has 1 aromatic rings. The Morgan fingerprint density at radius 3 is 2.35 bits per heavy atom. The Bertz CT molecular complexity index is 438. The lowest BCUT2D eigenvalue weighted by Gasteiger charge is -2.16. The minimum absolute atomic E-state index is 0.347. The molecular formula is C16H28N4. The van der Waals surface area contributed by atoms with E-state index >= 15 is 0 Å². The minimum Gasteiger partial charge on any atom is -0.370 e. The Hall–Kier alpha value is -1.32. The van der Waals surface area contributed by atoms with Gasteiger partial charge < -0.3 is 10.6 Å². The molecule has 1 fully saturated rings. The van der Waals surface area contributed by atoms with Crippen LogP contribution in [0.1, 0.15) is 63.8 Å². The molecule has 0 amide bonds. The maximum absolute atomic E-state index is 4.68. The SMILES string of the molecule is CCNc1nc(C(C)C)nc(NCCCC2CC2)c1C. The van der Waals surface area contributed by atoms with Crippen LogP contribution in [0, 0.1) is 12.8 Å². The molecule has 1 aliphatic carbocycles. The molecule has 20 heavy (non-hydrogen) atoms. The van der Waals surface area contributed by atoms with Crippen molar-refractivity contribution < 1.29 is 0 Å². The highest BCUT2D eigenvalue weighted by Gasteiger charge is 2.20. The van der Waals surface area contributed by atoms with E-state index in [-0.39, 0.29) is 0 Å². The summed E-state index contributed by atoms with van der Waals surface area (Å²) in [5, 5.41) is 6.84. The molecule has 4 heteroatoms. The van der Waals surface area contributed by atoms with Gasteiger partial charge in [-0.15, -0.1) is 0 Å². The number of aromatic nitrogens is 2. The average molecular weight is 276 g/mol. The van der Waals surface area contributed by atoms with Crippen molar-refractivity contribution in [2.24, 2.45) is 5.92 Å². The van der Waals surface area contributed by atoms with E-state index in [1.165, 1.54) is 25.7 Å². The summed E-state index contributed by atoms with van der Waals surface area (Å²) >= 11 is 0. The van der Waals surface area contributed by atoms with Gasteiger partial charge in [0, 0.05) is 24.6 Å². The molecule has 1 heterocycles. The number of anilines is 2. The second-order valence-corrected chi connectivity index (χ2v) is 6.10. The molecule has 0 unspecified atom stereocenters. The number of nitrogens with zero attached hydrogens (tertiary/aromatic N) is 2. The van der Waals surface area contributed by atoms with Crippen LogP contribution in [0.25, 0.3) is 0 Å². The lowest BCUT2D eigenvalue weighted by molar-refractivity contribution is 0.685. The van der Waals surface area contributed by atoms with Crippen molar-refractivity contribution in [2.45, 2.75) is 59.3 Å². The van der Waals surface area contributed by atoms with Crippen LogP contribution in [0.5, 0.6) is 0 Å². The van der Waals surface area contributed by atoms with Gasteiger partial charge in [-0.05, 0) is 32.6 Å². The van der Waals surface area contributed by atoms with E-state index in [9.17, 15) is 0 Å². The van der Waals surface area contributed by atoms with Crippen LogP contribution in [0.2, 0.25) is 0 Å². The van der Waals surface area contributed by atoms with Crippen molar-refractivity contribution in [1.29, 1.82) is 0 Å². The third-order valence-electron chi connectivity index (χ3n) is 3.80. The topological polar surface area (TPSA) is 49.8 Å². The fraction of sp³-hybridized carbons (Fsp3) is 0.750. The van der Waals surface area contributed by atoms with Crippen molar-refractivity contribution in [1.82, 2.24) is 9.97 Å². The van der Waals surface area contributed by atoms with E-state index in [2.05, 4.69) is 48.3 Å². The first kappa shape index (κ1) is 15.1. The van der Waals surface area contributed by atoms with E-state index in [0.717, 1.165) is 42.0 Å². The normalized spacial score (nSPS) is 14.7. The zero-order valence-electron chi connectivity index (χ0n) is 13.3. The third kappa shape index (κ3) is 4.09. The van der Waals surface area contributed by atoms with Crippen LogP contribution >= 0.6 is 0 Å². The molecule has 0 spiro atoms. The molecule has 2 rings (SSSR count). The van der Waals surface area contributed by atoms with Gasteiger partial charge in [-0.3, -0.25) is 0 Å². The quantitative estimate of drug-likeness (QED) is 0.706. The molecule has 0 atom stereocenters. The monoisotopic (exact) mass is 276 g/mol. The number of nitrogens with one attached hydrogen (secondary N) is 2. The zero-order valence-corrected chi connectivity index (χ0v) is 13.3. The van der Waals surface area contributed by atoms with Crippen molar-refractivity contribution >= 4 is 11.6 Å². The Morgan fingerprint density at radius 1 is 1.15 bits per heavy atom. The van der Waals surface area contributed by atoms with Gasteiger partial charge in [-0.25, -0.2) is 9.97 Å². The van der Waals surface area contributed by atoms with Crippen LogP contribution in [0.4, 0.5) is 11.6 Å². The van der Waals surface area contributed by atoms with Gasteiger partial charge in [0.25, 0.3) is 0 Å². The lowest BCUT2D eigenvalue weighted by Crippen LogP contribution is -2.12. The van der Waals surface area contributed by atoms with Gasteiger partial charge in [-0.2, -0.15) is 0 Å². The molecule has 4 nitrogen and oxygen atoms in total. The first-order valence-corrected chi connectivity index (χ1v) is 7.98. The van der Waals surface area contributed by atoms with Gasteiger partial charge in [0.15, 0.2) is 0 Å². The Morgan fingerprint density at radius 2 is 1.80 bits per heavy atom. The van der Waals surface area contributed by atoms with Crippen molar-refractivity contribution in [3.63, 3.8) is 0 Å². The highest BCUT2D eigenvalue weighted by Crippen LogP contribution is 2.33. The summed E-state index contributed by atoms with van der Waals surface area (Å²) in [5.41, 5.74) is 1.13. The molecule has 1 saturated carbocycles. The Labute approximate surface area is 122 Å². The summed E-state index contributed by atoms with van der Waals surface area (Å²) in [6, 6.07) is 0. The molecule has 1 aliphatic rings. The summed E-state index contributed by atoms with van der Waals surface area (Å²) in [6.07, 6.45) is 5.47.